The van der Waals surface area contributed by atoms with Gasteiger partial charge in [0.1, 0.15) is 0 Å². The van der Waals surface area contributed by atoms with Gasteiger partial charge >= 0.3 is 0 Å². The van der Waals surface area contributed by atoms with Crippen LogP contribution in [0.1, 0.15) is 26.2 Å². The predicted molar refractivity (Wildman–Crippen MR) is 124 cm³/mol. The van der Waals surface area contributed by atoms with E-state index in [0.29, 0.717) is 34.8 Å². The van der Waals surface area contributed by atoms with Crippen LogP contribution in [-0.2, 0) is 9.59 Å². The van der Waals surface area contributed by atoms with Gasteiger partial charge in [-0.1, -0.05) is 6.92 Å². The highest BCUT2D eigenvalue weighted by molar-refractivity contribution is 6.23. The number of methoxy groups -OCH3 is 3. The Kier molecular flexibility index (Phi) is 6.53. The maximum atomic E-state index is 13.2. The van der Waals surface area contributed by atoms with Crippen LogP contribution in [0.2, 0.25) is 0 Å². The molecule has 2 aliphatic heterocycles. The summed E-state index contributed by atoms with van der Waals surface area (Å²) in [6.45, 7) is 3.63. The molecule has 1 atom stereocenters. The molecule has 11 nitrogen and oxygen atoms in total. The van der Waals surface area contributed by atoms with Crippen molar-refractivity contribution in [3.8, 4) is 17.2 Å². The van der Waals surface area contributed by atoms with Gasteiger partial charge in [0.25, 0.3) is 17.4 Å². The second-order valence-electron chi connectivity index (χ2n) is 8.31. The van der Waals surface area contributed by atoms with Crippen LogP contribution in [0.15, 0.2) is 21.9 Å². The Labute approximate surface area is 195 Å². The van der Waals surface area contributed by atoms with Gasteiger partial charge in [0.2, 0.25) is 11.7 Å². The van der Waals surface area contributed by atoms with Crippen molar-refractivity contribution in [2.45, 2.75) is 26.2 Å². The van der Waals surface area contributed by atoms with Crippen LogP contribution in [0.3, 0.4) is 0 Å². The Morgan fingerprint density at radius 2 is 1.85 bits per heavy atom. The minimum atomic E-state index is -0.620. The highest BCUT2D eigenvalue weighted by atomic mass is 16.5. The first kappa shape index (κ1) is 23.3. The van der Waals surface area contributed by atoms with Gasteiger partial charge in [0.05, 0.1) is 33.0 Å². The lowest BCUT2D eigenvalue weighted by Gasteiger charge is -2.31. The van der Waals surface area contributed by atoms with Crippen molar-refractivity contribution < 1.29 is 23.8 Å². The predicted octanol–water partition coefficient (Wildman–Crippen LogP) is 0.371. The molecule has 11 heteroatoms. The zero-order chi connectivity index (χ0) is 24.4. The SMILES string of the molecule is COc1cc(NC(=O)C2=c3c(nc(N4CCCC(C)C4)[nH]c3=O)=NC(=O)C2)cc(OC)c1OC. The highest BCUT2D eigenvalue weighted by Crippen LogP contribution is 2.40. The fourth-order valence-corrected chi connectivity index (χ4v) is 4.29. The molecular weight excluding hydrogens is 442 g/mol. The minimum Gasteiger partial charge on any atom is -0.493 e. The third-order valence-corrected chi connectivity index (χ3v) is 5.90. The smallest absolute Gasteiger partial charge is 0.262 e. The Bertz CT molecular complexity index is 1290. The molecule has 34 heavy (non-hydrogen) atoms. The van der Waals surface area contributed by atoms with Gasteiger partial charge in [0.15, 0.2) is 17.0 Å². The second kappa shape index (κ2) is 9.54. The summed E-state index contributed by atoms with van der Waals surface area (Å²) >= 11 is 0. The van der Waals surface area contributed by atoms with Gasteiger partial charge in [-0.25, -0.2) is 0 Å². The Morgan fingerprint density at radius 3 is 2.47 bits per heavy atom. The number of ether oxygens (including phenoxy) is 3. The summed E-state index contributed by atoms with van der Waals surface area (Å²) in [6.07, 6.45) is 1.77. The van der Waals surface area contributed by atoms with Crippen LogP contribution in [0.25, 0.3) is 5.57 Å². The summed E-state index contributed by atoms with van der Waals surface area (Å²) in [5.41, 5.74) is -0.212. The number of H-pyrrole nitrogens is 1. The largest absolute Gasteiger partial charge is 0.493 e. The van der Waals surface area contributed by atoms with Gasteiger partial charge in [-0.2, -0.15) is 9.98 Å². The molecule has 1 unspecified atom stereocenters. The van der Waals surface area contributed by atoms with Crippen molar-refractivity contribution in [2.24, 2.45) is 10.9 Å². The number of nitrogens with zero attached hydrogens (tertiary/aromatic N) is 3. The van der Waals surface area contributed by atoms with Crippen LogP contribution < -0.4 is 40.7 Å². The van der Waals surface area contributed by atoms with Crippen LogP contribution in [0, 0.1) is 5.92 Å². The normalized spacial score (nSPS) is 17.5. The number of aromatic nitrogens is 2. The number of carbonyl (C=O) groups excluding carboxylic acids is 2. The Hall–Kier alpha value is -3.89. The number of aromatic amines is 1. The molecule has 0 saturated carbocycles. The van der Waals surface area contributed by atoms with E-state index >= 15 is 0 Å². The molecule has 0 spiro atoms. The molecule has 2 N–H and O–H groups in total. The molecule has 2 amide bonds. The van der Waals surface area contributed by atoms with E-state index in [9.17, 15) is 14.4 Å². The van der Waals surface area contributed by atoms with Gasteiger partial charge in [-0.15, -0.1) is 0 Å². The maximum absolute atomic E-state index is 13.2. The summed E-state index contributed by atoms with van der Waals surface area (Å²) in [5.74, 6) is 0.712. The quantitative estimate of drug-likeness (QED) is 0.620. The topological polar surface area (TPSA) is 135 Å². The molecule has 1 aromatic heterocycles. The summed E-state index contributed by atoms with van der Waals surface area (Å²) in [5, 5.41) is 2.71. The number of hydrogen-bond acceptors (Lipinski definition) is 8. The molecule has 3 heterocycles. The number of carbonyl (C=O) groups is 2. The fraction of sp³-hybridized carbons (Fsp3) is 0.435. The van der Waals surface area contributed by atoms with E-state index in [4.69, 9.17) is 14.2 Å². The number of rotatable bonds is 6. The highest BCUT2D eigenvalue weighted by Gasteiger charge is 2.25. The Morgan fingerprint density at radius 1 is 1.15 bits per heavy atom. The minimum absolute atomic E-state index is 0.00153. The zero-order valence-corrected chi connectivity index (χ0v) is 19.6. The molecule has 0 aliphatic carbocycles. The summed E-state index contributed by atoms with van der Waals surface area (Å²) < 4.78 is 15.9. The van der Waals surface area contributed by atoms with Crippen LogP contribution in [0.4, 0.5) is 11.6 Å². The zero-order valence-electron chi connectivity index (χ0n) is 19.6. The lowest BCUT2D eigenvalue weighted by atomic mass is 10.0. The average Bonchev–Trinajstić information content (AvgIpc) is 2.82. The van der Waals surface area contributed by atoms with Crippen LogP contribution in [0.5, 0.6) is 17.2 Å². The van der Waals surface area contributed by atoms with Crippen molar-refractivity contribution in [3.05, 3.63) is 33.2 Å². The lowest BCUT2D eigenvalue weighted by Crippen LogP contribution is -2.51. The monoisotopic (exact) mass is 469 g/mol. The van der Waals surface area contributed by atoms with Crippen molar-refractivity contribution in [2.75, 3.05) is 44.6 Å². The van der Waals surface area contributed by atoms with E-state index in [-0.39, 0.29) is 22.7 Å². The first-order valence-corrected chi connectivity index (χ1v) is 11.0. The third kappa shape index (κ3) is 4.45. The van der Waals surface area contributed by atoms with E-state index in [1.807, 2.05) is 4.90 Å². The molecule has 4 rings (SSSR count). The summed E-state index contributed by atoms with van der Waals surface area (Å²) in [7, 11) is 4.39. The molecule has 0 radical (unpaired) electrons. The van der Waals surface area contributed by atoms with Gasteiger partial charge < -0.3 is 24.4 Å². The lowest BCUT2D eigenvalue weighted by molar-refractivity contribution is -0.118. The van der Waals surface area contributed by atoms with Gasteiger partial charge in [-0.3, -0.25) is 19.4 Å². The number of hydrogen-bond donors (Lipinski definition) is 2. The van der Waals surface area contributed by atoms with Crippen LogP contribution in [-0.4, -0.2) is 56.2 Å². The molecule has 1 saturated heterocycles. The first-order chi connectivity index (χ1) is 16.3. The number of piperidine rings is 1. The van der Waals surface area contributed by atoms with Crippen molar-refractivity contribution in [1.29, 1.82) is 0 Å². The molecule has 2 aliphatic rings. The molecule has 1 fully saturated rings. The number of benzene rings is 1. The van der Waals surface area contributed by atoms with E-state index in [0.717, 1.165) is 25.9 Å². The molecule has 1 aromatic carbocycles. The fourth-order valence-electron chi connectivity index (χ4n) is 4.29. The summed E-state index contributed by atoms with van der Waals surface area (Å²) in [6, 6.07) is 3.11. The number of fused-ring (bicyclic) bond motifs is 1. The van der Waals surface area contributed by atoms with E-state index in [2.05, 4.69) is 27.2 Å². The first-order valence-electron chi connectivity index (χ1n) is 11.0. The third-order valence-electron chi connectivity index (χ3n) is 5.90. The van der Waals surface area contributed by atoms with Crippen molar-refractivity contribution in [3.63, 3.8) is 0 Å². The average molecular weight is 469 g/mol. The standard InChI is InChI=1S/C23H27N5O6/c1-12-6-5-7-28(11-12)23-26-20-18(22(31)27-23)14(10-17(29)25-20)21(30)24-13-8-15(32-2)19(34-4)16(9-13)33-3/h8-9,12H,5-7,10-11H2,1-4H3,(H,24,30)(H,25,26,27,29,31). The van der Waals surface area contributed by atoms with Gasteiger partial charge in [0, 0.05) is 36.5 Å². The molecule has 180 valence electrons. The van der Waals surface area contributed by atoms with E-state index in [1.165, 1.54) is 21.3 Å². The second-order valence-corrected chi connectivity index (χ2v) is 8.31. The van der Waals surface area contributed by atoms with Gasteiger partial charge in [-0.05, 0) is 18.8 Å². The van der Waals surface area contributed by atoms with Crippen LogP contribution >= 0.6 is 0 Å². The number of nitrogens with one attached hydrogen (secondary N) is 2. The van der Waals surface area contributed by atoms with Crippen molar-refractivity contribution in [1.82, 2.24) is 9.97 Å². The van der Waals surface area contributed by atoms with Crippen molar-refractivity contribution >= 4 is 29.0 Å². The van der Waals surface area contributed by atoms with E-state index in [1.54, 1.807) is 12.1 Å². The summed E-state index contributed by atoms with van der Waals surface area (Å²) in [4.78, 5) is 51.6. The number of amides is 2. The molecule has 0 bridgehead atoms. The number of anilines is 2. The molecular formula is C23H27N5O6. The Balaban J connectivity index is 1.75. The maximum Gasteiger partial charge on any atom is 0.262 e. The molecule has 2 aromatic rings. The van der Waals surface area contributed by atoms with E-state index < -0.39 is 17.4 Å².